The standard InChI is InChI=1S/C48H58F3N7O6/c1-28(32-7-5-8-34(21-32)48(50,51)27-59)52-45-38-24-41(63-3)44(64-4)35(43(38)53-29(2)54-45)9-6-16-56-17-12-30(13-18-56)25-57-19-14-31(15-20-57)36-22-33-26-58(47(62)37(33)23-39(36)49)40-10-11-42(60)55-46(40)61/h5,7-8,21-24,28,30-31,40,59H,6,9-20,25-27H2,1-4H3,(H,52,53,54)(H,55,60,61). The van der Waals surface area contributed by atoms with Crippen LogP contribution in [0, 0.1) is 18.7 Å². The average Bonchev–Trinajstić information content (AvgIpc) is 3.60. The number of hydrogen-bond acceptors (Lipinski definition) is 11. The highest BCUT2D eigenvalue weighted by atomic mass is 19.3. The highest BCUT2D eigenvalue weighted by Gasteiger charge is 2.40. The molecule has 3 aromatic carbocycles. The molecule has 2 unspecified atom stereocenters. The summed E-state index contributed by atoms with van der Waals surface area (Å²) in [5, 5.41) is 15.7. The van der Waals surface area contributed by atoms with E-state index in [0.717, 1.165) is 93.4 Å². The van der Waals surface area contributed by atoms with Gasteiger partial charge in [0, 0.05) is 47.6 Å². The zero-order chi connectivity index (χ0) is 45.3. The summed E-state index contributed by atoms with van der Waals surface area (Å²) in [6.07, 6.45) is 5.88. The molecule has 0 bridgehead atoms. The molecule has 64 heavy (non-hydrogen) atoms. The van der Waals surface area contributed by atoms with Gasteiger partial charge in [-0.1, -0.05) is 24.3 Å². The summed E-state index contributed by atoms with van der Waals surface area (Å²) < 4.78 is 56.0. The lowest BCUT2D eigenvalue weighted by Crippen LogP contribution is -2.52. The van der Waals surface area contributed by atoms with Crippen LogP contribution in [0.5, 0.6) is 11.5 Å². The molecule has 2 atom stereocenters. The molecule has 3 amide bonds. The Morgan fingerprint density at radius 2 is 1.72 bits per heavy atom. The number of aromatic nitrogens is 2. The number of imide groups is 1. The van der Waals surface area contributed by atoms with Crippen LogP contribution in [-0.4, -0.2) is 114 Å². The molecule has 3 N–H and O–H groups in total. The number of likely N-dealkylation sites (tertiary alicyclic amines) is 2. The maximum absolute atomic E-state index is 15.6. The van der Waals surface area contributed by atoms with Crippen LogP contribution in [-0.2, 0) is 28.5 Å². The second-order valence-electron chi connectivity index (χ2n) is 17.9. The number of carbonyl (C=O) groups excluding carboxylic acids is 3. The molecule has 16 heteroatoms. The van der Waals surface area contributed by atoms with E-state index in [9.17, 15) is 28.3 Å². The Hall–Kier alpha value is -5.32. The quantitative estimate of drug-likeness (QED) is 0.110. The van der Waals surface area contributed by atoms with Gasteiger partial charge >= 0.3 is 0 Å². The molecule has 342 valence electrons. The van der Waals surface area contributed by atoms with Crippen LogP contribution in [0.3, 0.4) is 0 Å². The third-order valence-electron chi connectivity index (χ3n) is 13.7. The van der Waals surface area contributed by atoms with Crippen molar-refractivity contribution in [3.8, 4) is 11.5 Å². The van der Waals surface area contributed by atoms with E-state index in [4.69, 9.17) is 19.4 Å². The van der Waals surface area contributed by atoms with Crippen molar-refractivity contribution < 1.29 is 42.1 Å². The maximum atomic E-state index is 15.6. The minimum Gasteiger partial charge on any atom is -0.493 e. The van der Waals surface area contributed by atoms with Gasteiger partial charge in [-0.2, -0.15) is 8.78 Å². The largest absolute Gasteiger partial charge is 0.493 e. The van der Waals surface area contributed by atoms with Gasteiger partial charge in [0.25, 0.3) is 11.8 Å². The summed E-state index contributed by atoms with van der Waals surface area (Å²) in [5.41, 5.74) is 3.72. The summed E-state index contributed by atoms with van der Waals surface area (Å²) >= 11 is 0. The van der Waals surface area contributed by atoms with E-state index >= 15 is 4.39 Å². The summed E-state index contributed by atoms with van der Waals surface area (Å²) in [7, 11) is 3.22. The fraction of sp³-hybridized carbons (Fsp3) is 0.521. The third kappa shape index (κ3) is 9.41. The van der Waals surface area contributed by atoms with Gasteiger partial charge in [-0.25, -0.2) is 14.4 Å². The lowest BCUT2D eigenvalue weighted by Gasteiger charge is -2.38. The normalized spacial score (nSPS) is 19.8. The molecule has 13 nitrogen and oxygen atoms in total. The predicted octanol–water partition coefficient (Wildman–Crippen LogP) is 6.64. The van der Waals surface area contributed by atoms with E-state index < -0.39 is 30.5 Å². The second-order valence-corrected chi connectivity index (χ2v) is 17.9. The molecule has 3 saturated heterocycles. The van der Waals surface area contributed by atoms with Gasteiger partial charge in [0.1, 0.15) is 30.1 Å². The zero-order valence-corrected chi connectivity index (χ0v) is 37.0. The SMILES string of the molecule is COc1cc2c(NC(C)c3cccc(C(F)(F)CO)c3)nc(C)nc2c(CCCN2CCC(CN3CCC(c4cc5c(cc4F)C(=O)N(C4CCC(=O)NC4=O)C5)CC3)CC2)c1OC. The van der Waals surface area contributed by atoms with E-state index in [1.165, 1.54) is 23.1 Å². The van der Waals surface area contributed by atoms with Crippen molar-refractivity contribution in [1.29, 1.82) is 0 Å². The predicted molar refractivity (Wildman–Crippen MR) is 235 cm³/mol. The Morgan fingerprint density at radius 3 is 2.42 bits per heavy atom. The lowest BCUT2D eigenvalue weighted by molar-refractivity contribution is -0.136. The van der Waals surface area contributed by atoms with Gasteiger partial charge < -0.3 is 34.6 Å². The third-order valence-corrected chi connectivity index (χ3v) is 13.7. The zero-order valence-electron chi connectivity index (χ0n) is 37.0. The van der Waals surface area contributed by atoms with Crippen LogP contribution in [0.15, 0.2) is 42.5 Å². The Morgan fingerprint density at radius 1 is 0.969 bits per heavy atom. The van der Waals surface area contributed by atoms with Gasteiger partial charge in [0.2, 0.25) is 11.8 Å². The van der Waals surface area contributed by atoms with Crippen molar-refractivity contribution in [2.24, 2.45) is 5.92 Å². The smallest absolute Gasteiger partial charge is 0.295 e. The first kappa shape index (κ1) is 45.3. The van der Waals surface area contributed by atoms with Crippen molar-refractivity contribution in [2.75, 3.05) is 65.4 Å². The Kier molecular flexibility index (Phi) is 13.5. The van der Waals surface area contributed by atoms with Gasteiger partial charge in [-0.05, 0) is 138 Å². The number of ether oxygens (including phenoxy) is 2. The van der Waals surface area contributed by atoms with Gasteiger partial charge in [-0.15, -0.1) is 0 Å². The molecule has 0 spiro atoms. The Balaban J connectivity index is 0.842. The number of hydrogen-bond donors (Lipinski definition) is 3. The van der Waals surface area contributed by atoms with E-state index in [1.807, 2.05) is 26.0 Å². The number of amides is 3. The fourth-order valence-electron chi connectivity index (χ4n) is 10.1. The maximum Gasteiger partial charge on any atom is 0.295 e. The van der Waals surface area contributed by atoms with Crippen LogP contribution in [0.1, 0.15) is 108 Å². The van der Waals surface area contributed by atoms with Crippen LogP contribution in [0.4, 0.5) is 19.0 Å². The number of carbonyl (C=O) groups is 3. The van der Waals surface area contributed by atoms with Crippen LogP contribution < -0.4 is 20.1 Å². The number of benzene rings is 3. The van der Waals surface area contributed by atoms with Crippen LogP contribution in [0.25, 0.3) is 10.9 Å². The average molecular weight is 886 g/mol. The topological polar surface area (TPSA) is 149 Å². The molecular weight excluding hydrogens is 828 g/mol. The van der Waals surface area contributed by atoms with Crippen molar-refractivity contribution >= 4 is 34.4 Å². The van der Waals surface area contributed by atoms with Crippen molar-refractivity contribution in [3.05, 3.63) is 87.5 Å². The van der Waals surface area contributed by atoms with Crippen molar-refractivity contribution in [3.63, 3.8) is 0 Å². The van der Waals surface area contributed by atoms with Crippen LogP contribution >= 0.6 is 0 Å². The molecule has 4 aromatic rings. The number of piperidine rings is 3. The molecule has 8 rings (SSSR count). The lowest BCUT2D eigenvalue weighted by atomic mass is 9.86. The summed E-state index contributed by atoms with van der Waals surface area (Å²) in [5.74, 6) is -1.97. The van der Waals surface area contributed by atoms with E-state index in [1.54, 1.807) is 26.4 Å². The number of halogens is 3. The first-order valence-electron chi connectivity index (χ1n) is 22.5. The number of methoxy groups -OCH3 is 2. The number of aliphatic hydroxyl groups excluding tert-OH is 1. The van der Waals surface area contributed by atoms with Gasteiger partial charge in [-0.3, -0.25) is 19.7 Å². The van der Waals surface area contributed by atoms with Crippen molar-refractivity contribution in [1.82, 2.24) is 30.0 Å². The van der Waals surface area contributed by atoms with E-state index in [0.29, 0.717) is 52.2 Å². The molecule has 4 aliphatic rings. The molecule has 0 radical (unpaired) electrons. The molecule has 0 aliphatic carbocycles. The first-order chi connectivity index (χ1) is 30.8. The number of nitrogens with zero attached hydrogens (tertiary/aromatic N) is 5. The summed E-state index contributed by atoms with van der Waals surface area (Å²) in [6, 6.07) is 9.95. The van der Waals surface area contributed by atoms with Crippen LogP contribution in [0.2, 0.25) is 0 Å². The number of aryl methyl sites for hydroxylation is 2. The number of alkyl halides is 2. The molecule has 1 aromatic heterocycles. The minimum atomic E-state index is -3.35. The Bertz CT molecular complexity index is 2400. The summed E-state index contributed by atoms with van der Waals surface area (Å²) in [4.78, 5) is 53.4. The molecular formula is C48H58F3N7O6. The molecule has 3 fully saturated rings. The van der Waals surface area contributed by atoms with E-state index in [-0.39, 0.29) is 48.5 Å². The van der Waals surface area contributed by atoms with Gasteiger partial charge in [0.05, 0.1) is 19.7 Å². The van der Waals surface area contributed by atoms with Crippen molar-refractivity contribution in [2.45, 2.75) is 95.7 Å². The first-order valence-corrected chi connectivity index (χ1v) is 22.5. The summed E-state index contributed by atoms with van der Waals surface area (Å²) in [6.45, 7) is 8.37. The number of anilines is 1. The minimum absolute atomic E-state index is 0.0595. The highest BCUT2D eigenvalue weighted by Crippen LogP contribution is 2.41. The molecule has 0 saturated carbocycles. The number of nitrogens with one attached hydrogen (secondary N) is 2. The van der Waals surface area contributed by atoms with E-state index in [2.05, 4.69) is 20.4 Å². The highest BCUT2D eigenvalue weighted by molar-refractivity contribution is 6.05. The molecule has 4 aliphatic heterocycles. The number of aliphatic hydroxyl groups is 1. The monoisotopic (exact) mass is 885 g/mol. The van der Waals surface area contributed by atoms with Gasteiger partial charge in [0.15, 0.2) is 11.5 Å². The molecule has 5 heterocycles. The fourth-order valence-corrected chi connectivity index (χ4v) is 10.1. The second kappa shape index (κ2) is 19.0. The number of rotatable bonds is 15. The Labute approximate surface area is 371 Å². The number of fused-ring (bicyclic) bond motifs is 2.